The standard InChI is InChI=1S/C24H28N6O4S/c1-16-18(7-8-19-20(16)15-34-24(19)31)21-14-29(10-9-25-21)12-17-11-26-30(13-17)23-6-4-5-22(27-23)28(2)35(3,32)33/h4-8,11,13,21,25H,9-10,12,14-15H2,1-3H3/t21-/m0/s1. The average molecular weight is 497 g/mol. The molecule has 11 heteroatoms. The Balaban J connectivity index is 1.30. The number of rotatable bonds is 6. The number of piperazine rings is 1. The van der Waals surface area contributed by atoms with Crippen molar-refractivity contribution in [3.63, 3.8) is 0 Å². The first-order valence-corrected chi connectivity index (χ1v) is 13.3. The molecule has 35 heavy (non-hydrogen) atoms. The Morgan fingerprint density at radius 2 is 2.09 bits per heavy atom. The van der Waals surface area contributed by atoms with Crippen molar-refractivity contribution in [2.75, 3.05) is 37.2 Å². The SMILES string of the molecule is Cc1c([C@@H]2CN(Cc3cnn(-c4cccc(N(C)S(C)(=O)=O)n4)c3)CCN2)ccc2c1COC2=O. The fourth-order valence-corrected chi connectivity index (χ4v) is 5.06. The molecule has 0 amide bonds. The lowest BCUT2D eigenvalue weighted by Crippen LogP contribution is -2.45. The van der Waals surface area contributed by atoms with E-state index in [4.69, 9.17) is 4.74 Å². The number of hydrogen-bond acceptors (Lipinski definition) is 8. The van der Waals surface area contributed by atoms with E-state index < -0.39 is 10.0 Å². The Bertz CT molecular complexity index is 1390. The van der Waals surface area contributed by atoms with Crippen LogP contribution in [-0.2, 0) is 27.9 Å². The van der Waals surface area contributed by atoms with Gasteiger partial charge >= 0.3 is 5.97 Å². The predicted molar refractivity (Wildman–Crippen MR) is 131 cm³/mol. The van der Waals surface area contributed by atoms with Crippen LogP contribution in [0.2, 0.25) is 0 Å². The van der Waals surface area contributed by atoms with Crippen molar-refractivity contribution in [1.29, 1.82) is 0 Å². The Kier molecular flexibility index (Phi) is 6.07. The van der Waals surface area contributed by atoms with Crippen molar-refractivity contribution >= 4 is 21.8 Å². The molecule has 2 aromatic heterocycles. The van der Waals surface area contributed by atoms with Gasteiger partial charge in [-0.25, -0.2) is 22.9 Å². The van der Waals surface area contributed by atoms with Crippen LogP contribution in [0.3, 0.4) is 0 Å². The molecule has 0 radical (unpaired) electrons. The lowest BCUT2D eigenvalue weighted by molar-refractivity contribution is 0.0535. The zero-order valence-electron chi connectivity index (χ0n) is 19.9. The summed E-state index contributed by atoms with van der Waals surface area (Å²) in [5, 5.41) is 8.05. The van der Waals surface area contributed by atoms with E-state index in [2.05, 4.69) is 27.2 Å². The Morgan fingerprint density at radius 1 is 1.26 bits per heavy atom. The fourth-order valence-electron chi connectivity index (χ4n) is 4.62. The summed E-state index contributed by atoms with van der Waals surface area (Å²) in [6.07, 6.45) is 4.88. The van der Waals surface area contributed by atoms with Gasteiger partial charge in [-0.2, -0.15) is 5.10 Å². The average Bonchev–Trinajstić information content (AvgIpc) is 3.46. The molecule has 0 bridgehead atoms. The first-order chi connectivity index (χ1) is 16.7. The number of nitrogens with zero attached hydrogens (tertiary/aromatic N) is 5. The molecule has 1 saturated heterocycles. The Morgan fingerprint density at radius 3 is 2.89 bits per heavy atom. The van der Waals surface area contributed by atoms with Crippen LogP contribution >= 0.6 is 0 Å². The molecule has 5 rings (SSSR count). The van der Waals surface area contributed by atoms with Crippen LogP contribution in [0.1, 0.15) is 38.7 Å². The maximum atomic E-state index is 11.9. The van der Waals surface area contributed by atoms with Crippen molar-refractivity contribution < 1.29 is 17.9 Å². The van der Waals surface area contributed by atoms with Gasteiger partial charge in [-0.1, -0.05) is 12.1 Å². The molecule has 0 saturated carbocycles. The molecule has 1 fully saturated rings. The van der Waals surface area contributed by atoms with E-state index in [1.165, 1.54) is 12.6 Å². The monoisotopic (exact) mass is 496 g/mol. The van der Waals surface area contributed by atoms with Gasteiger partial charge in [-0.05, 0) is 36.2 Å². The van der Waals surface area contributed by atoms with E-state index in [-0.39, 0.29) is 12.0 Å². The van der Waals surface area contributed by atoms with Crippen molar-refractivity contribution in [3.8, 4) is 5.82 Å². The number of carbonyl (C=O) groups excluding carboxylic acids is 1. The summed E-state index contributed by atoms with van der Waals surface area (Å²) < 4.78 is 31.7. The number of benzene rings is 1. The molecule has 1 N–H and O–H groups in total. The summed E-state index contributed by atoms with van der Waals surface area (Å²) >= 11 is 0. The zero-order chi connectivity index (χ0) is 24.7. The lowest BCUT2D eigenvalue weighted by atomic mass is 9.93. The van der Waals surface area contributed by atoms with Gasteiger partial charge in [-0.3, -0.25) is 9.21 Å². The van der Waals surface area contributed by atoms with Crippen LogP contribution < -0.4 is 9.62 Å². The Labute approximate surface area is 204 Å². The second-order valence-corrected chi connectivity index (χ2v) is 11.0. The number of carbonyl (C=O) groups is 1. The first kappa shape index (κ1) is 23.5. The quantitative estimate of drug-likeness (QED) is 0.515. The molecule has 4 heterocycles. The third-order valence-corrected chi connectivity index (χ3v) is 7.84. The number of sulfonamides is 1. The minimum absolute atomic E-state index is 0.157. The van der Waals surface area contributed by atoms with Gasteiger partial charge in [-0.15, -0.1) is 0 Å². The normalized spacial score (nSPS) is 18.4. The van der Waals surface area contributed by atoms with Gasteiger partial charge in [0, 0.05) is 56.6 Å². The highest BCUT2D eigenvalue weighted by Crippen LogP contribution is 2.30. The minimum atomic E-state index is -3.40. The van der Waals surface area contributed by atoms with Gasteiger partial charge in [0.25, 0.3) is 0 Å². The number of ether oxygens (including phenoxy) is 1. The van der Waals surface area contributed by atoms with Crippen molar-refractivity contribution in [3.05, 3.63) is 70.5 Å². The van der Waals surface area contributed by atoms with Crippen LogP contribution in [0, 0.1) is 6.92 Å². The molecule has 1 aromatic carbocycles. The Hall–Kier alpha value is -3.28. The lowest BCUT2D eigenvalue weighted by Gasteiger charge is -2.34. The van der Waals surface area contributed by atoms with Crippen LogP contribution in [0.25, 0.3) is 5.82 Å². The smallest absolute Gasteiger partial charge is 0.338 e. The summed E-state index contributed by atoms with van der Waals surface area (Å²) in [4.78, 5) is 18.7. The fraction of sp³-hybridized carbons (Fsp3) is 0.375. The van der Waals surface area contributed by atoms with Gasteiger partial charge in [0.05, 0.1) is 18.0 Å². The van der Waals surface area contributed by atoms with Crippen molar-refractivity contribution in [2.45, 2.75) is 26.1 Å². The summed E-state index contributed by atoms with van der Waals surface area (Å²) in [6.45, 7) is 5.72. The largest absolute Gasteiger partial charge is 0.457 e. The summed E-state index contributed by atoms with van der Waals surface area (Å²) in [5.41, 5.74) is 5.01. The van der Waals surface area contributed by atoms with E-state index in [1.54, 1.807) is 22.9 Å². The highest BCUT2D eigenvalue weighted by molar-refractivity contribution is 7.92. The van der Waals surface area contributed by atoms with Gasteiger partial charge in [0.15, 0.2) is 5.82 Å². The number of cyclic esters (lactones) is 1. The number of fused-ring (bicyclic) bond motifs is 1. The van der Waals surface area contributed by atoms with Crippen LogP contribution in [0.15, 0.2) is 42.7 Å². The zero-order valence-corrected chi connectivity index (χ0v) is 20.7. The maximum absolute atomic E-state index is 11.9. The highest BCUT2D eigenvalue weighted by Gasteiger charge is 2.28. The highest BCUT2D eigenvalue weighted by atomic mass is 32.2. The molecule has 0 aliphatic carbocycles. The number of aromatic nitrogens is 3. The van der Waals surface area contributed by atoms with Gasteiger partial charge in [0.2, 0.25) is 10.0 Å². The number of pyridine rings is 1. The topological polar surface area (TPSA) is 110 Å². The molecular formula is C24H28N6O4S. The number of anilines is 1. The van der Waals surface area contributed by atoms with E-state index in [9.17, 15) is 13.2 Å². The third kappa shape index (κ3) is 4.66. The molecule has 10 nitrogen and oxygen atoms in total. The predicted octanol–water partition coefficient (Wildman–Crippen LogP) is 1.79. The minimum Gasteiger partial charge on any atom is -0.457 e. The molecule has 1 atom stereocenters. The van der Waals surface area contributed by atoms with Crippen LogP contribution in [-0.4, -0.2) is 67.0 Å². The van der Waals surface area contributed by atoms with E-state index in [1.807, 2.05) is 24.5 Å². The molecular weight excluding hydrogens is 468 g/mol. The second kappa shape index (κ2) is 9.06. The molecule has 184 valence electrons. The van der Waals surface area contributed by atoms with Crippen LogP contribution in [0.5, 0.6) is 0 Å². The van der Waals surface area contributed by atoms with Crippen molar-refractivity contribution in [1.82, 2.24) is 25.0 Å². The van der Waals surface area contributed by atoms with Gasteiger partial charge < -0.3 is 10.1 Å². The van der Waals surface area contributed by atoms with Gasteiger partial charge in [0.1, 0.15) is 12.4 Å². The second-order valence-electron chi connectivity index (χ2n) is 9.00. The molecule has 0 unspecified atom stereocenters. The van der Waals surface area contributed by atoms with E-state index >= 15 is 0 Å². The first-order valence-electron chi connectivity index (χ1n) is 11.4. The van der Waals surface area contributed by atoms with E-state index in [0.717, 1.165) is 53.4 Å². The molecule has 3 aromatic rings. The third-order valence-electron chi connectivity index (χ3n) is 6.66. The number of hydrogen-bond donors (Lipinski definition) is 1. The molecule has 2 aliphatic rings. The summed E-state index contributed by atoms with van der Waals surface area (Å²) in [6, 6.07) is 9.27. The number of esters is 1. The van der Waals surface area contributed by atoms with E-state index in [0.29, 0.717) is 23.8 Å². The van der Waals surface area contributed by atoms with Crippen molar-refractivity contribution in [2.24, 2.45) is 0 Å². The summed E-state index contributed by atoms with van der Waals surface area (Å²) in [7, 11) is -1.92. The molecule has 2 aliphatic heterocycles. The maximum Gasteiger partial charge on any atom is 0.338 e. The van der Waals surface area contributed by atoms with Crippen LogP contribution in [0.4, 0.5) is 5.82 Å². The molecule has 0 spiro atoms. The summed E-state index contributed by atoms with van der Waals surface area (Å²) in [5.74, 6) is 0.643. The number of nitrogens with one attached hydrogen (secondary N) is 1.